The van der Waals surface area contributed by atoms with Crippen LogP contribution in [0.5, 0.6) is 0 Å². The molecule has 2 heterocycles. The molecule has 1 aliphatic heterocycles. The summed E-state index contributed by atoms with van der Waals surface area (Å²) < 4.78 is 5.76. The lowest BCUT2D eigenvalue weighted by atomic mass is 10.1. The molecule has 0 radical (unpaired) electrons. The van der Waals surface area contributed by atoms with Crippen LogP contribution in [-0.4, -0.2) is 46.9 Å². The molecule has 1 fully saturated rings. The Morgan fingerprint density at radius 3 is 2.90 bits per heavy atom. The molecule has 1 aromatic heterocycles. The summed E-state index contributed by atoms with van der Waals surface area (Å²) in [7, 11) is 0. The molecule has 7 nitrogen and oxygen atoms in total. The molecule has 0 aliphatic carbocycles. The summed E-state index contributed by atoms with van der Waals surface area (Å²) in [6.45, 7) is 0.579. The van der Waals surface area contributed by atoms with Gasteiger partial charge < -0.3 is 19.7 Å². The summed E-state index contributed by atoms with van der Waals surface area (Å²) in [5.41, 5.74) is 0. The number of amides is 2. The Morgan fingerprint density at radius 1 is 1.52 bits per heavy atom. The highest BCUT2D eigenvalue weighted by Gasteiger charge is 2.33. The van der Waals surface area contributed by atoms with E-state index in [0.717, 1.165) is 0 Å². The van der Waals surface area contributed by atoms with Crippen LogP contribution < -0.4 is 5.32 Å². The van der Waals surface area contributed by atoms with Crippen LogP contribution >= 0.6 is 15.9 Å². The van der Waals surface area contributed by atoms with E-state index in [-0.39, 0.29) is 6.54 Å². The summed E-state index contributed by atoms with van der Waals surface area (Å²) in [6.07, 6.45) is 2.31. The predicted octanol–water partition coefficient (Wildman–Crippen LogP) is 0.857. The van der Waals surface area contributed by atoms with Crippen LogP contribution in [0.1, 0.15) is 12.2 Å². The maximum Gasteiger partial charge on any atom is 0.305 e. The van der Waals surface area contributed by atoms with Crippen molar-refractivity contribution >= 4 is 39.8 Å². The Bertz CT molecular complexity index is 595. The van der Waals surface area contributed by atoms with E-state index in [9.17, 15) is 14.4 Å². The number of carboxylic acid groups (broad SMARTS) is 1. The molecule has 0 spiro atoms. The van der Waals surface area contributed by atoms with Gasteiger partial charge in [0.2, 0.25) is 11.8 Å². The number of piperazine rings is 1. The molecule has 2 amide bonds. The third-order valence-corrected chi connectivity index (χ3v) is 3.39. The first-order valence-electron chi connectivity index (χ1n) is 6.21. The Balaban J connectivity index is 2.09. The lowest BCUT2D eigenvalue weighted by Crippen LogP contribution is -2.57. The zero-order chi connectivity index (χ0) is 15.4. The largest absolute Gasteiger partial charge is 0.481 e. The van der Waals surface area contributed by atoms with Crippen molar-refractivity contribution in [1.82, 2.24) is 10.2 Å². The number of hydrogen-bond acceptors (Lipinski definition) is 4. The normalized spacial score (nSPS) is 18.8. The van der Waals surface area contributed by atoms with Gasteiger partial charge in [-0.05, 0) is 34.1 Å². The summed E-state index contributed by atoms with van der Waals surface area (Å²) in [5.74, 6) is -1.53. The number of carboxylic acids is 1. The molecule has 1 unspecified atom stereocenters. The molecule has 2 N–H and O–H groups in total. The van der Waals surface area contributed by atoms with E-state index in [2.05, 4.69) is 21.2 Å². The van der Waals surface area contributed by atoms with Crippen molar-refractivity contribution in [3.63, 3.8) is 0 Å². The third kappa shape index (κ3) is 3.94. The molecule has 0 saturated carbocycles. The van der Waals surface area contributed by atoms with Gasteiger partial charge in [-0.1, -0.05) is 0 Å². The van der Waals surface area contributed by atoms with E-state index in [1.807, 2.05) is 0 Å². The number of carbonyl (C=O) groups is 3. The van der Waals surface area contributed by atoms with Gasteiger partial charge in [-0.15, -0.1) is 0 Å². The van der Waals surface area contributed by atoms with E-state index in [0.29, 0.717) is 17.0 Å². The molecule has 8 heteroatoms. The van der Waals surface area contributed by atoms with Gasteiger partial charge >= 0.3 is 5.97 Å². The second kappa shape index (κ2) is 6.57. The van der Waals surface area contributed by atoms with Gasteiger partial charge in [-0.25, -0.2) is 0 Å². The molecule has 2 rings (SSSR count). The third-order valence-electron chi connectivity index (χ3n) is 2.97. The second-order valence-electron chi connectivity index (χ2n) is 4.41. The van der Waals surface area contributed by atoms with Crippen molar-refractivity contribution in [2.75, 3.05) is 13.1 Å². The average molecular weight is 357 g/mol. The summed E-state index contributed by atoms with van der Waals surface area (Å²) in [6, 6.07) is 2.37. The minimum Gasteiger partial charge on any atom is -0.481 e. The van der Waals surface area contributed by atoms with Crippen LogP contribution in [0.4, 0.5) is 0 Å². The number of halogens is 1. The second-order valence-corrected chi connectivity index (χ2v) is 5.19. The van der Waals surface area contributed by atoms with Crippen LogP contribution in [-0.2, 0) is 14.4 Å². The number of furan rings is 1. The van der Waals surface area contributed by atoms with Gasteiger partial charge in [0.1, 0.15) is 11.8 Å². The fourth-order valence-corrected chi connectivity index (χ4v) is 2.33. The van der Waals surface area contributed by atoms with Crippen LogP contribution in [0, 0.1) is 0 Å². The summed E-state index contributed by atoms with van der Waals surface area (Å²) in [5, 5.41) is 11.4. The van der Waals surface area contributed by atoms with Gasteiger partial charge in [0.25, 0.3) is 0 Å². The molecule has 0 bridgehead atoms. The highest BCUT2D eigenvalue weighted by atomic mass is 79.9. The number of aliphatic carboxylic acids is 1. The zero-order valence-electron chi connectivity index (χ0n) is 10.9. The molecule has 112 valence electrons. The number of carbonyl (C=O) groups excluding carboxylic acids is 2. The summed E-state index contributed by atoms with van der Waals surface area (Å²) >= 11 is 3.15. The van der Waals surface area contributed by atoms with E-state index in [1.165, 1.54) is 17.1 Å². The van der Waals surface area contributed by atoms with Gasteiger partial charge in [0, 0.05) is 19.2 Å². The van der Waals surface area contributed by atoms with Gasteiger partial charge in [0.05, 0.1) is 6.42 Å². The van der Waals surface area contributed by atoms with Crippen molar-refractivity contribution in [3.8, 4) is 0 Å². The summed E-state index contributed by atoms with van der Waals surface area (Å²) in [4.78, 5) is 35.9. The lowest BCUT2D eigenvalue weighted by molar-refractivity contribution is -0.146. The van der Waals surface area contributed by atoms with Crippen LogP contribution in [0.3, 0.4) is 0 Å². The monoisotopic (exact) mass is 356 g/mol. The maximum atomic E-state index is 12.1. The van der Waals surface area contributed by atoms with Crippen LogP contribution in [0.25, 0.3) is 6.08 Å². The highest BCUT2D eigenvalue weighted by molar-refractivity contribution is 9.10. The quantitative estimate of drug-likeness (QED) is 0.779. The van der Waals surface area contributed by atoms with Crippen LogP contribution in [0.2, 0.25) is 0 Å². The molecule has 1 aromatic rings. The van der Waals surface area contributed by atoms with Crippen molar-refractivity contribution in [2.45, 2.75) is 12.5 Å². The van der Waals surface area contributed by atoms with E-state index in [4.69, 9.17) is 9.52 Å². The average Bonchev–Trinajstić information content (AvgIpc) is 2.84. The number of nitrogens with zero attached hydrogens (tertiary/aromatic N) is 1. The van der Waals surface area contributed by atoms with Crippen molar-refractivity contribution in [2.24, 2.45) is 0 Å². The molecule has 0 aromatic carbocycles. The minimum absolute atomic E-state index is 0.273. The van der Waals surface area contributed by atoms with Crippen molar-refractivity contribution < 1.29 is 23.9 Å². The molecule has 1 atom stereocenters. The number of hydrogen-bond donors (Lipinski definition) is 2. The van der Waals surface area contributed by atoms with Gasteiger partial charge in [-0.2, -0.15) is 0 Å². The Hall–Kier alpha value is -2.09. The Kier molecular flexibility index (Phi) is 4.79. The Labute approximate surface area is 128 Å². The molecular formula is C13H13BrN2O5. The smallest absolute Gasteiger partial charge is 0.305 e. The SMILES string of the molecule is O=C(O)CC1C(=O)NCCN1C(=O)C=Cc1ccc(Br)o1. The Morgan fingerprint density at radius 2 is 2.29 bits per heavy atom. The van der Waals surface area contributed by atoms with Crippen LogP contribution in [0.15, 0.2) is 27.3 Å². The first-order chi connectivity index (χ1) is 9.97. The van der Waals surface area contributed by atoms with E-state index < -0.39 is 30.2 Å². The lowest BCUT2D eigenvalue weighted by Gasteiger charge is -2.33. The standard InChI is InChI=1S/C13H13BrN2O5/c14-10-3-1-8(21-10)2-4-11(17)16-6-5-15-13(20)9(16)7-12(18)19/h1-4,9H,5-7H2,(H,15,20)(H,18,19). The maximum absolute atomic E-state index is 12.1. The predicted molar refractivity (Wildman–Crippen MR) is 76.2 cm³/mol. The molecule has 21 heavy (non-hydrogen) atoms. The number of rotatable bonds is 4. The molecule has 1 saturated heterocycles. The topological polar surface area (TPSA) is 99.8 Å². The van der Waals surface area contributed by atoms with Gasteiger partial charge in [0.15, 0.2) is 4.67 Å². The van der Waals surface area contributed by atoms with E-state index in [1.54, 1.807) is 12.1 Å². The van der Waals surface area contributed by atoms with Crippen molar-refractivity contribution in [3.05, 3.63) is 28.6 Å². The van der Waals surface area contributed by atoms with Gasteiger partial charge in [-0.3, -0.25) is 14.4 Å². The highest BCUT2D eigenvalue weighted by Crippen LogP contribution is 2.16. The fraction of sp³-hybridized carbons (Fsp3) is 0.308. The minimum atomic E-state index is -1.13. The van der Waals surface area contributed by atoms with Crippen molar-refractivity contribution in [1.29, 1.82) is 0 Å². The van der Waals surface area contributed by atoms with E-state index >= 15 is 0 Å². The fourth-order valence-electron chi connectivity index (χ4n) is 2.01. The molecule has 1 aliphatic rings. The molecular weight excluding hydrogens is 344 g/mol. The first-order valence-corrected chi connectivity index (χ1v) is 7.00. The number of nitrogens with one attached hydrogen (secondary N) is 1. The first kappa shape index (κ1) is 15.3. The zero-order valence-corrected chi connectivity index (χ0v) is 12.5.